The van der Waals surface area contributed by atoms with E-state index in [0.29, 0.717) is 10.6 Å². The number of anilines is 2. The maximum atomic E-state index is 13.2. The molecule has 0 bridgehead atoms. The number of halogens is 4. The van der Waals surface area contributed by atoms with Crippen molar-refractivity contribution >= 4 is 44.5 Å². The Labute approximate surface area is 204 Å². The van der Waals surface area contributed by atoms with E-state index < -0.39 is 39.2 Å². The molecule has 0 saturated heterocycles. The number of nitrogens with zero attached hydrogens (tertiary/aromatic N) is 1. The molecule has 1 aliphatic heterocycles. The van der Waals surface area contributed by atoms with Gasteiger partial charge in [0.05, 0.1) is 23.4 Å². The van der Waals surface area contributed by atoms with E-state index in [1.54, 1.807) is 36.4 Å². The predicted molar refractivity (Wildman–Crippen MR) is 127 cm³/mol. The number of hydrogen-bond acceptors (Lipinski definition) is 4. The summed E-state index contributed by atoms with van der Waals surface area (Å²) in [5, 5.41) is 13.5. The monoisotopic (exact) mass is 522 g/mol. The Hall–Kier alpha value is -3.50. The van der Waals surface area contributed by atoms with Gasteiger partial charge >= 0.3 is 6.18 Å². The molecule has 3 aromatic rings. The number of amides is 1. The van der Waals surface area contributed by atoms with E-state index in [2.05, 4.69) is 5.32 Å². The van der Waals surface area contributed by atoms with Crippen LogP contribution in [-0.2, 0) is 27.5 Å². The Bertz CT molecular complexity index is 1420. The number of aliphatic hydroxyl groups excluding tert-OH is 1. The Morgan fingerprint density at radius 1 is 1.03 bits per heavy atom. The van der Waals surface area contributed by atoms with Crippen molar-refractivity contribution in [3.63, 3.8) is 0 Å². The lowest BCUT2D eigenvalue weighted by Crippen LogP contribution is -2.32. The second-order valence-corrected chi connectivity index (χ2v) is 10.1. The van der Waals surface area contributed by atoms with E-state index >= 15 is 0 Å². The minimum Gasteiger partial charge on any atom is -0.510 e. The van der Waals surface area contributed by atoms with Crippen LogP contribution in [0.2, 0.25) is 5.02 Å². The van der Waals surface area contributed by atoms with E-state index in [1.165, 1.54) is 18.2 Å². The summed E-state index contributed by atoms with van der Waals surface area (Å²) in [7, 11) is -4.13. The van der Waals surface area contributed by atoms with Crippen molar-refractivity contribution in [2.45, 2.75) is 12.7 Å². The number of hydrogen-bond donors (Lipinski definition) is 2. The van der Waals surface area contributed by atoms with Crippen molar-refractivity contribution in [2.24, 2.45) is 0 Å². The van der Waals surface area contributed by atoms with Crippen LogP contribution < -0.4 is 9.62 Å². The molecule has 1 heterocycles. The van der Waals surface area contributed by atoms with Crippen LogP contribution in [0, 0.1) is 0 Å². The van der Waals surface area contributed by atoms with Gasteiger partial charge < -0.3 is 10.4 Å². The number of rotatable bonds is 4. The van der Waals surface area contributed by atoms with Crippen LogP contribution in [0.25, 0.3) is 5.57 Å². The molecule has 0 unspecified atom stereocenters. The molecular weight excluding hydrogens is 505 g/mol. The third-order valence-electron chi connectivity index (χ3n) is 5.30. The fourth-order valence-corrected chi connectivity index (χ4v) is 5.27. The van der Waals surface area contributed by atoms with Gasteiger partial charge in [0.1, 0.15) is 11.5 Å². The number of para-hydroxylation sites is 1. The molecule has 0 aliphatic carbocycles. The Kier molecular flexibility index (Phi) is 6.52. The molecular formula is C24H18ClF3N2O4S. The number of alkyl halides is 3. The highest BCUT2D eigenvalue weighted by Crippen LogP contribution is 2.37. The van der Waals surface area contributed by atoms with Gasteiger partial charge in [0, 0.05) is 16.3 Å². The molecule has 6 nitrogen and oxygen atoms in total. The molecule has 0 aromatic heterocycles. The maximum Gasteiger partial charge on any atom is 0.416 e. The summed E-state index contributed by atoms with van der Waals surface area (Å²) < 4.78 is 66.6. The molecule has 1 amide bonds. The lowest BCUT2D eigenvalue weighted by atomic mass is 10.0. The molecule has 2 N–H and O–H groups in total. The summed E-state index contributed by atoms with van der Waals surface area (Å²) in [5.74, 6) is -2.54. The SMILES string of the molecule is O=C(Nc1cccc(C(F)(F)F)c1)C1=C(O)CS(=O)(=O)N(Cc2ccc(Cl)cc2)c2ccccc21. The number of carbonyl (C=O) groups excluding carboxylic acids is 1. The van der Waals surface area contributed by atoms with Crippen LogP contribution in [0.15, 0.2) is 78.6 Å². The van der Waals surface area contributed by atoms with Crippen LogP contribution in [0.1, 0.15) is 16.7 Å². The first-order chi connectivity index (χ1) is 16.5. The Morgan fingerprint density at radius 2 is 1.71 bits per heavy atom. The lowest BCUT2D eigenvalue weighted by Gasteiger charge is -2.24. The summed E-state index contributed by atoms with van der Waals surface area (Å²) in [6.45, 7) is -0.0909. The zero-order valence-electron chi connectivity index (χ0n) is 17.9. The van der Waals surface area contributed by atoms with Crippen LogP contribution in [0.4, 0.5) is 24.5 Å². The van der Waals surface area contributed by atoms with Crippen molar-refractivity contribution < 1.29 is 31.5 Å². The quantitative estimate of drug-likeness (QED) is 0.466. The molecule has 0 saturated carbocycles. The summed E-state index contributed by atoms with van der Waals surface area (Å²) >= 11 is 5.91. The van der Waals surface area contributed by atoms with Crippen molar-refractivity contribution in [1.82, 2.24) is 0 Å². The largest absolute Gasteiger partial charge is 0.510 e. The fourth-order valence-electron chi connectivity index (χ4n) is 3.69. The van der Waals surface area contributed by atoms with E-state index in [9.17, 15) is 31.5 Å². The van der Waals surface area contributed by atoms with E-state index in [1.807, 2.05) is 0 Å². The molecule has 182 valence electrons. The Balaban J connectivity index is 1.74. The van der Waals surface area contributed by atoms with Gasteiger partial charge in [-0.15, -0.1) is 0 Å². The van der Waals surface area contributed by atoms with E-state index in [0.717, 1.165) is 22.5 Å². The van der Waals surface area contributed by atoms with Crippen LogP contribution in [-0.4, -0.2) is 25.2 Å². The first-order valence-corrected chi connectivity index (χ1v) is 12.2. The number of benzene rings is 3. The van der Waals surface area contributed by atoms with Crippen molar-refractivity contribution in [3.8, 4) is 0 Å². The average molecular weight is 523 g/mol. The number of fused-ring (bicyclic) bond motifs is 1. The standard InChI is InChI=1S/C24H18ClF3N2O4S/c25-17-10-8-15(9-11-17)13-30-20-7-2-1-6-19(20)22(21(31)14-35(30,33)34)23(32)29-18-5-3-4-16(12-18)24(26,27)28/h1-12,31H,13-14H2,(H,29,32). The van der Waals surface area contributed by atoms with Gasteiger partial charge in [-0.1, -0.05) is 48.0 Å². The molecule has 11 heteroatoms. The van der Waals surface area contributed by atoms with Gasteiger partial charge in [-0.3, -0.25) is 9.10 Å². The van der Waals surface area contributed by atoms with Crippen LogP contribution in [0.3, 0.4) is 0 Å². The molecule has 0 radical (unpaired) electrons. The Morgan fingerprint density at radius 3 is 2.40 bits per heavy atom. The smallest absolute Gasteiger partial charge is 0.416 e. The highest BCUT2D eigenvalue weighted by Gasteiger charge is 2.35. The number of aliphatic hydroxyl groups is 1. The maximum absolute atomic E-state index is 13.2. The minimum atomic E-state index is -4.62. The highest BCUT2D eigenvalue weighted by molar-refractivity contribution is 7.93. The van der Waals surface area contributed by atoms with Crippen LogP contribution >= 0.6 is 11.6 Å². The second kappa shape index (κ2) is 9.27. The van der Waals surface area contributed by atoms with Gasteiger partial charge in [-0.25, -0.2) is 8.42 Å². The van der Waals surface area contributed by atoms with Gasteiger partial charge in [0.15, 0.2) is 0 Å². The van der Waals surface area contributed by atoms with Gasteiger partial charge in [-0.05, 0) is 42.0 Å². The number of sulfonamides is 1. The summed E-state index contributed by atoms with van der Waals surface area (Å²) in [5.41, 5.74) is -0.603. The molecule has 0 fully saturated rings. The third-order valence-corrected chi connectivity index (χ3v) is 7.19. The van der Waals surface area contributed by atoms with E-state index in [4.69, 9.17) is 11.6 Å². The van der Waals surface area contributed by atoms with Gasteiger partial charge in [0.2, 0.25) is 10.0 Å². The molecule has 3 aromatic carbocycles. The molecule has 0 spiro atoms. The molecule has 4 rings (SSSR count). The zero-order valence-corrected chi connectivity index (χ0v) is 19.5. The van der Waals surface area contributed by atoms with Gasteiger partial charge in [0.25, 0.3) is 5.91 Å². The normalized spacial score (nSPS) is 15.4. The van der Waals surface area contributed by atoms with Crippen molar-refractivity contribution in [2.75, 3.05) is 15.4 Å². The van der Waals surface area contributed by atoms with Crippen molar-refractivity contribution in [3.05, 3.63) is 100 Å². The first kappa shape index (κ1) is 24.6. The molecule has 35 heavy (non-hydrogen) atoms. The zero-order chi connectivity index (χ0) is 25.4. The molecule has 0 atom stereocenters. The van der Waals surface area contributed by atoms with Crippen LogP contribution in [0.5, 0.6) is 0 Å². The second-order valence-electron chi connectivity index (χ2n) is 7.76. The van der Waals surface area contributed by atoms with Gasteiger partial charge in [-0.2, -0.15) is 13.2 Å². The average Bonchev–Trinajstić information content (AvgIpc) is 2.86. The number of nitrogens with one attached hydrogen (secondary N) is 1. The minimum absolute atomic E-state index is 0.0909. The third kappa shape index (κ3) is 5.28. The summed E-state index contributed by atoms with van der Waals surface area (Å²) in [6, 6.07) is 16.6. The summed E-state index contributed by atoms with van der Waals surface area (Å²) in [6.07, 6.45) is -4.62. The van der Waals surface area contributed by atoms with Crippen molar-refractivity contribution in [1.29, 1.82) is 0 Å². The molecule has 1 aliphatic rings. The highest BCUT2D eigenvalue weighted by atomic mass is 35.5. The number of carbonyl (C=O) groups is 1. The first-order valence-electron chi connectivity index (χ1n) is 10.2. The fraction of sp³-hybridized carbons (Fsp3) is 0.125. The lowest BCUT2D eigenvalue weighted by molar-refractivity contribution is -0.137. The van der Waals surface area contributed by atoms with E-state index in [-0.39, 0.29) is 29.1 Å². The summed E-state index contributed by atoms with van der Waals surface area (Å²) in [4.78, 5) is 13.1. The predicted octanol–water partition coefficient (Wildman–Crippen LogP) is 5.62. The topological polar surface area (TPSA) is 86.7 Å².